The summed E-state index contributed by atoms with van der Waals surface area (Å²) in [6, 6.07) is 18.2. The molecule has 0 aliphatic carbocycles. The van der Waals surface area contributed by atoms with Crippen LogP contribution in [0.3, 0.4) is 0 Å². The molecule has 0 spiro atoms. The molecule has 0 aliphatic rings. The van der Waals surface area contributed by atoms with Crippen molar-refractivity contribution in [2.45, 2.75) is 25.2 Å². The van der Waals surface area contributed by atoms with E-state index in [1.165, 1.54) is 0 Å². The highest BCUT2D eigenvalue weighted by Gasteiger charge is 2.15. The summed E-state index contributed by atoms with van der Waals surface area (Å²) in [5, 5.41) is 0. The van der Waals surface area contributed by atoms with E-state index in [1.54, 1.807) is 24.3 Å². The van der Waals surface area contributed by atoms with Crippen LogP contribution in [0.1, 0.15) is 18.1 Å². The second-order valence-electron chi connectivity index (χ2n) is 6.73. The standard InChI is InChI=1S/C22H21N3O2S/c1-3-17-9-11-20(12-10-17)28(26,27)24-19-8-4-7-18(14-19)21-15-25-13-5-6-16(2)22(25)23-21/h4-15,24H,3H2,1-2H3. The average molecular weight is 391 g/mol. The van der Waals surface area contributed by atoms with Crippen LogP contribution in [0.5, 0.6) is 0 Å². The van der Waals surface area contributed by atoms with E-state index < -0.39 is 10.0 Å². The quantitative estimate of drug-likeness (QED) is 0.538. The number of sulfonamides is 1. The molecule has 4 rings (SSSR count). The summed E-state index contributed by atoms with van der Waals surface area (Å²) in [6.45, 7) is 4.05. The summed E-state index contributed by atoms with van der Waals surface area (Å²) in [6.07, 6.45) is 4.76. The number of aromatic nitrogens is 2. The maximum atomic E-state index is 12.7. The van der Waals surface area contributed by atoms with Crippen molar-refractivity contribution in [3.63, 3.8) is 0 Å². The van der Waals surface area contributed by atoms with Crippen molar-refractivity contribution >= 4 is 21.4 Å². The molecular weight excluding hydrogens is 370 g/mol. The summed E-state index contributed by atoms with van der Waals surface area (Å²) in [4.78, 5) is 4.93. The van der Waals surface area contributed by atoms with E-state index in [-0.39, 0.29) is 4.90 Å². The van der Waals surface area contributed by atoms with Gasteiger partial charge < -0.3 is 4.40 Å². The number of anilines is 1. The number of aryl methyl sites for hydroxylation is 2. The fraction of sp³-hybridized carbons (Fsp3) is 0.136. The molecule has 142 valence electrons. The molecule has 0 bridgehead atoms. The van der Waals surface area contributed by atoms with Gasteiger partial charge in [-0.2, -0.15) is 0 Å². The molecule has 0 atom stereocenters. The van der Waals surface area contributed by atoms with Crippen molar-refractivity contribution in [2.75, 3.05) is 4.72 Å². The van der Waals surface area contributed by atoms with Gasteiger partial charge in [-0.3, -0.25) is 4.72 Å². The van der Waals surface area contributed by atoms with Gasteiger partial charge in [0.25, 0.3) is 10.0 Å². The van der Waals surface area contributed by atoms with E-state index >= 15 is 0 Å². The summed E-state index contributed by atoms with van der Waals surface area (Å²) < 4.78 is 30.0. The second kappa shape index (κ2) is 7.13. The van der Waals surface area contributed by atoms with Crippen LogP contribution in [0, 0.1) is 6.92 Å². The van der Waals surface area contributed by atoms with Gasteiger partial charge in [-0.15, -0.1) is 0 Å². The van der Waals surface area contributed by atoms with Gasteiger partial charge in [0.1, 0.15) is 5.65 Å². The lowest BCUT2D eigenvalue weighted by atomic mass is 10.1. The number of fused-ring (bicyclic) bond motifs is 1. The summed E-state index contributed by atoms with van der Waals surface area (Å²) in [5.41, 5.74) is 5.22. The predicted molar refractivity (Wildman–Crippen MR) is 112 cm³/mol. The molecule has 0 amide bonds. The first-order chi connectivity index (χ1) is 13.5. The molecule has 0 unspecified atom stereocenters. The molecule has 0 radical (unpaired) electrons. The van der Waals surface area contributed by atoms with Gasteiger partial charge in [0.15, 0.2) is 0 Å². The highest BCUT2D eigenvalue weighted by atomic mass is 32.2. The molecule has 0 saturated heterocycles. The second-order valence-corrected chi connectivity index (χ2v) is 8.41. The zero-order chi connectivity index (χ0) is 19.7. The Balaban J connectivity index is 1.65. The van der Waals surface area contributed by atoms with E-state index in [9.17, 15) is 8.42 Å². The van der Waals surface area contributed by atoms with Crippen LogP contribution in [0.25, 0.3) is 16.9 Å². The SMILES string of the molecule is CCc1ccc(S(=O)(=O)Nc2cccc(-c3cn4cccc(C)c4n3)c2)cc1. The first-order valence-electron chi connectivity index (χ1n) is 9.13. The minimum absolute atomic E-state index is 0.249. The third kappa shape index (κ3) is 3.51. The minimum Gasteiger partial charge on any atom is -0.306 e. The monoisotopic (exact) mass is 391 g/mol. The molecule has 4 aromatic rings. The Bertz CT molecular complexity index is 1240. The molecule has 28 heavy (non-hydrogen) atoms. The van der Waals surface area contributed by atoms with Crippen LogP contribution in [-0.2, 0) is 16.4 Å². The molecule has 2 aromatic heterocycles. The molecule has 1 N–H and O–H groups in total. The number of rotatable bonds is 5. The lowest BCUT2D eigenvalue weighted by molar-refractivity contribution is 0.601. The van der Waals surface area contributed by atoms with Crippen molar-refractivity contribution in [1.82, 2.24) is 9.38 Å². The Morgan fingerprint density at radius 2 is 1.82 bits per heavy atom. The van der Waals surface area contributed by atoms with Gasteiger partial charge in [-0.25, -0.2) is 13.4 Å². The van der Waals surface area contributed by atoms with Crippen LogP contribution in [0.15, 0.2) is 78.0 Å². The van der Waals surface area contributed by atoms with Gasteiger partial charge in [-0.1, -0.05) is 37.3 Å². The third-order valence-electron chi connectivity index (χ3n) is 4.73. The summed E-state index contributed by atoms with van der Waals surface area (Å²) in [7, 11) is -3.64. The highest BCUT2D eigenvalue weighted by molar-refractivity contribution is 7.92. The number of benzene rings is 2. The van der Waals surface area contributed by atoms with Crippen LogP contribution in [0.4, 0.5) is 5.69 Å². The van der Waals surface area contributed by atoms with E-state index in [0.29, 0.717) is 5.69 Å². The van der Waals surface area contributed by atoms with E-state index in [0.717, 1.165) is 34.5 Å². The zero-order valence-electron chi connectivity index (χ0n) is 15.8. The van der Waals surface area contributed by atoms with Gasteiger partial charge in [0, 0.05) is 23.6 Å². The Labute approximate surface area is 164 Å². The Hall–Kier alpha value is -3.12. The van der Waals surface area contributed by atoms with Crippen molar-refractivity contribution in [3.05, 3.63) is 84.2 Å². The highest BCUT2D eigenvalue weighted by Crippen LogP contribution is 2.25. The summed E-state index contributed by atoms with van der Waals surface area (Å²) >= 11 is 0. The van der Waals surface area contributed by atoms with Crippen LogP contribution >= 0.6 is 0 Å². The predicted octanol–water partition coefficient (Wildman–Crippen LogP) is 4.67. The van der Waals surface area contributed by atoms with Gasteiger partial charge in [0.05, 0.1) is 10.6 Å². The minimum atomic E-state index is -3.64. The van der Waals surface area contributed by atoms with Gasteiger partial charge in [0.2, 0.25) is 0 Å². The van der Waals surface area contributed by atoms with Crippen molar-refractivity contribution in [2.24, 2.45) is 0 Å². The van der Waals surface area contributed by atoms with Crippen molar-refractivity contribution in [3.8, 4) is 11.3 Å². The normalized spacial score (nSPS) is 11.6. The largest absolute Gasteiger partial charge is 0.306 e. The average Bonchev–Trinajstić information content (AvgIpc) is 3.14. The maximum absolute atomic E-state index is 12.7. The molecule has 2 aromatic carbocycles. The fourth-order valence-electron chi connectivity index (χ4n) is 3.15. The van der Waals surface area contributed by atoms with Crippen LogP contribution < -0.4 is 4.72 Å². The molecule has 6 heteroatoms. The first kappa shape index (κ1) is 18.3. The van der Waals surface area contributed by atoms with Crippen molar-refractivity contribution < 1.29 is 8.42 Å². The van der Waals surface area contributed by atoms with Crippen LogP contribution in [0.2, 0.25) is 0 Å². The van der Waals surface area contributed by atoms with Gasteiger partial charge >= 0.3 is 0 Å². The Morgan fingerprint density at radius 3 is 2.54 bits per heavy atom. The molecule has 2 heterocycles. The number of nitrogens with one attached hydrogen (secondary N) is 1. The summed E-state index contributed by atoms with van der Waals surface area (Å²) in [5.74, 6) is 0. The first-order valence-corrected chi connectivity index (χ1v) is 10.6. The van der Waals surface area contributed by atoms with E-state index in [2.05, 4.69) is 9.71 Å². The van der Waals surface area contributed by atoms with Crippen molar-refractivity contribution in [1.29, 1.82) is 0 Å². The molecular formula is C22H21N3O2S. The molecule has 0 fully saturated rings. The maximum Gasteiger partial charge on any atom is 0.261 e. The number of imidazole rings is 1. The number of hydrogen-bond donors (Lipinski definition) is 1. The van der Waals surface area contributed by atoms with Gasteiger partial charge in [-0.05, 0) is 54.8 Å². The Morgan fingerprint density at radius 1 is 1.04 bits per heavy atom. The third-order valence-corrected chi connectivity index (χ3v) is 6.13. The van der Waals surface area contributed by atoms with E-state index in [1.807, 2.05) is 67.0 Å². The lowest BCUT2D eigenvalue weighted by Crippen LogP contribution is -2.12. The smallest absolute Gasteiger partial charge is 0.261 e. The lowest BCUT2D eigenvalue weighted by Gasteiger charge is -2.09. The molecule has 0 aliphatic heterocycles. The number of pyridine rings is 1. The number of hydrogen-bond acceptors (Lipinski definition) is 3. The molecule has 5 nitrogen and oxygen atoms in total. The number of nitrogens with zero attached hydrogens (tertiary/aromatic N) is 2. The van der Waals surface area contributed by atoms with Crippen LogP contribution in [-0.4, -0.2) is 17.8 Å². The molecule has 0 saturated carbocycles. The van der Waals surface area contributed by atoms with E-state index in [4.69, 9.17) is 0 Å². The zero-order valence-corrected chi connectivity index (χ0v) is 16.6. The fourth-order valence-corrected chi connectivity index (χ4v) is 4.20. The Kier molecular flexibility index (Phi) is 4.65. The topological polar surface area (TPSA) is 63.5 Å².